The van der Waals surface area contributed by atoms with Gasteiger partial charge in [0.05, 0.1) is 6.61 Å². The highest BCUT2D eigenvalue weighted by Crippen LogP contribution is 2.13. The molecule has 3 nitrogen and oxygen atoms in total. The predicted molar refractivity (Wildman–Crippen MR) is 45.5 cm³/mol. The van der Waals surface area contributed by atoms with Crippen molar-refractivity contribution in [1.82, 2.24) is 4.90 Å². The minimum absolute atomic E-state index is 0.312. The molecule has 1 fully saturated rings. The predicted octanol–water partition coefficient (Wildman–Crippen LogP) is -0.0882. The van der Waals surface area contributed by atoms with Crippen molar-refractivity contribution in [3.05, 3.63) is 0 Å². The normalized spacial score (nSPS) is 33.0. The van der Waals surface area contributed by atoms with Crippen LogP contribution in [0.5, 0.6) is 0 Å². The van der Waals surface area contributed by atoms with Crippen LogP contribution < -0.4 is 5.73 Å². The number of rotatable bonds is 3. The number of nitrogens with zero attached hydrogens (tertiary/aromatic N) is 1. The smallest absolute Gasteiger partial charge is 0.0521 e. The summed E-state index contributed by atoms with van der Waals surface area (Å²) >= 11 is 0. The van der Waals surface area contributed by atoms with Gasteiger partial charge in [-0.25, -0.2) is 0 Å². The van der Waals surface area contributed by atoms with Gasteiger partial charge in [0.15, 0.2) is 0 Å². The van der Waals surface area contributed by atoms with Gasteiger partial charge in [0, 0.05) is 31.7 Å². The van der Waals surface area contributed by atoms with Crippen molar-refractivity contribution in [1.29, 1.82) is 0 Å². The monoisotopic (exact) mass is 158 g/mol. The van der Waals surface area contributed by atoms with Gasteiger partial charge in [0.25, 0.3) is 0 Å². The maximum absolute atomic E-state index is 5.89. The molecule has 0 aromatic rings. The molecular weight excluding hydrogens is 140 g/mol. The number of hydrogen-bond acceptors (Lipinski definition) is 3. The second kappa shape index (κ2) is 4.04. The highest BCUT2D eigenvalue weighted by molar-refractivity contribution is 4.84. The largest absolute Gasteiger partial charge is 0.381 e. The van der Waals surface area contributed by atoms with Gasteiger partial charge < -0.3 is 15.4 Å². The van der Waals surface area contributed by atoms with E-state index >= 15 is 0 Å². The molecule has 2 N–H and O–H groups in total. The molecule has 3 heteroatoms. The Bertz CT molecular complexity index is 119. The lowest BCUT2D eigenvalue weighted by Gasteiger charge is -2.12. The quantitative estimate of drug-likeness (QED) is 0.624. The molecule has 66 valence electrons. The van der Waals surface area contributed by atoms with Crippen LogP contribution in [0.15, 0.2) is 0 Å². The second-order valence-corrected chi connectivity index (χ2v) is 3.30. The van der Waals surface area contributed by atoms with E-state index in [0.717, 1.165) is 26.3 Å². The molecule has 1 rings (SSSR count). The number of likely N-dealkylation sites (N-methyl/N-ethyl adjacent to an activating group) is 1. The summed E-state index contributed by atoms with van der Waals surface area (Å²) < 4.78 is 5.33. The van der Waals surface area contributed by atoms with Crippen LogP contribution in [0, 0.1) is 5.92 Å². The molecule has 2 unspecified atom stereocenters. The Morgan fingerprint density at radius 1 is 1.55 bits per heavy atom. The Morgan fingerprint density at radius 3 is 2.73 bits per heavy atom. The zero-order chi connectivity index (χ0) is 8.27. The molecule has 1 saturated heterocycles. The number of hydrogen-bond donors (Lipinski definition) is 1. The maximum atomic E-state index is 5.89. The summed E-state index contributed by atoms with van der Waals surface area (Å²) in [5, 5.41) is 0. The van der Waals surface area contributed by atoms with Crippen LogP contribution in [-0.4, -0.2) is 44.3 Å². The van der Waals surface area contributed by atoms with E-state index in [1.807, 2.05) is 6.92 Å². The van der Waals surface area contributed by atoms with Gasteiger partial charge in [-0.1, -0.05) is 0 Å². The Kier molecular flexibility index (Phi) is 3.30. The zero-order valence-electron chi connectivity index (χ0n) is 7.42. The van der Waals surface area contributed by atoms with E-state index in [4.69, 9.17) is 10.5 Å². The molecule has 0 spiro atoms. The molecule has 0 bridgehead atoms. The summed E-state index contributed by atoms with van der Waals surface area (Å²) in [4.78, 5) is 2.26. The number of nitrogens with two attached hydrogens (primary N) is 1. The first kappa shape index (κ1) is 8.97. The summed E-state index contributed by atoms with van der Waals surface area (Å²) in [6.07, 6.45) is 0. The van der Waals surface area contributed by atoms with E-state index < -0.39 is 0 Å². The van der Waals surface area contributed by atoms with Crippen LogP contribution >= 0.6 is 0 Å². The van der Waals surface area contributed by atoms with E-state index in [0.29, 0.717) is 12.0 Å². The maximum Gasteiger partial charge on any atom is 0.0521 e. The average molecular weight is 158 g/mol. The van der Waals surface area contributed by atoms with E-state index in [1.54, 1.807) is 0 Å². The highest BCUT2D eigenvalue weighted by atomic mass is 16.5. The summed E-state index contributed by atoms with van der Waals surface area (Å²) in [5.74, 6) is 0.542. The van der Waals surface area contributed by atoms with Gasteiger partial charge in [-0.05, 0) is 14.0 Å². The molecular formula is C8H18N2O. The summed E-state index contributed by atoms with van der Waals surface area (Å²) in [6.45, 7) is 5.73. The molecule has 0 saturated carbocycles. The van der Waals surface area contributed by atoms with Crippen molar-refractivity contribution in [2.75, 3.05) is 33.4 Å². The Morgan fingerprint density at radius 2 is 2.27 bits per heavy atom. The minimum atomic E-state index is 0.312. The van der Waals surface area contributed by atoms with Crippen molar-refractivity contribution in [3.8, 4) is 0 Å². The Balaban J connectivity index is 2.23. The van der Waals surface area contributed by atoms with Gasteiger partial charge >= 0.3 is 0 Å². The van der Waals surface area contributed by atoms with Crippen molar-refractivity contribution in [3.63, 3.8) is 0 Å². The third-order valence-corrected chi connectivity index (χ3v) is 2.21. The van der Waals surface area contributed by atoms with Crippen molar-refractivity contribution in [2.45, 2.75) is 13.0 Å². The number of ether oxygens (including phenoxy) is 1. The summed E-state index contributed by atoms with van der Waals surface area (Å²) in [5.41, 5.74) is 5.89. The van der Waals surface area contributed by atoms with Crippen molar-refractivity contribution in [2.24, 2.45) is 11.7 Å². The first-order valence-corrected chi connectivity index (χ1v) is 4.26. The highest BCUT2D eigenvalue weighted by Gasteiger charge is 2.27. The topological polar surface area (TPSA) is 38.5 Å². The lowest BCUT2D eigenvalue weighted by molar-refractivity contribution is 0.109. The van der Waals surface area contributed by atoms with E-state index in [-0.39, 0.29) is 0 Å². The molecule has 1 heterocycles. The van der Waals surface area contributed by atoms with Crippen LogP contribution in [0.4, 0.5) is 0 Å². The fraction of sp³-hybridized carbons (Fsp3) is 1.00. The van der Waals surface area contributed by atoms with Crippen LogP contribution in [0.3, 0.4) is 0 Å². The fourth-order valence-electron chi connectivity index (χ4n) is 1.56. The third-order valence-electron chi connectivity index (χ3n) is 2.21. The van der Waals surface area contributed by atoms with E-state index in [9.17, 15) is 0 Å². The zero-order valence-corrected chi connectivity index (χ0v) is 7.42. The molecule has 1 aliphatic heterocycles. The van der Waals surface area contributed by atoms with Crippen molar-refractivity contribution < 1.29 is 4.74 Å². The van der Waals surface area contributed by atoms with Gasteiger partial charge in [0.2, 0.25) is 0 Å². The second-order valence-electron chi connectivity index (χ2n) is 3.30. The first-order chi connectivity index (χ1) is 5.24. The molecule has 11 heavy (non-hydrogen) atoms. The van der Waals surface area contributed by atoms with E-state index in [2.05, 4.69) is 11.9 Å². The van der Waals surface area contributed by atoms with Crippen LogP contribution in [0.1, 0.15) is 6.92 Å². The molecule has 0 aromatic heterocycles. The van der Waals surface area contributed by atoms with Gasteiger partial charge in [-0.15, -0.1) is 0 Å². The van der Waals surface area contributed by atoms with Crippen LogP contribution in [0.25, 0.3) is 0 Å². The Labute approximate surface area is 68.5 Å². The minimum Gasteiger partial charge on any atom is -0.381 e. The third kappa shape index (κ3) is 2.43. The molecule has 0 radical (unpaired) electrons. The first-order valence-electron chi connectivity index (χ1n) is 4.26. The Hall–Kier alpha value is -0.120. The van der Waals surface area contributed by atoms with Gasteiger partial charge in [0.1, 0.15) is 0 Å². The molecule has 0 amide bonds. The molecule has 0 aromatic carbocycles. The molecule has 2 atom stereocenters. The van der Waals surface area contributed by atoms with Crippen LogP contribution in [0.2, 0.25) is 0 Å². The summed E-state index contributed by atoms with van der Waals surface area (Å²) in [6, 6.07) is 0.312. The average Bonchev–Trinajstić information content (AvgIpc) is 2.26. The lowest BCUT2D eigenvalue weighted by Crippen LogP contribution is -2.31. The van der Waals surface area contributed by atoms with Crippen molar-refractivity contribution >= 4 is 0 Å². The van der Waals surface area contributed by atoms with Gasteiger partial charge in [-0.2, -0.15) is 0 Å². The SMILES string of the molecule is CCOCC1CN(C)CC1N. The lowest BCUT2D eigenvalue weighted by atomic mass is 10.1. The van der Waals surface area contributed by atoms with Crippen LogP contribution in [-0.2, 0) is 4.74 Å². The standard InChI is InChI=1S/C8H18N2O/c1-3-11-6-7-4-10(2)5-8(7)9/h7-8H,3-6,9H2,1-2H3. The fourth-order valence-corrected chi connectivity index (χ4v) is 1.56. The van der Waals surface area contributed by atoms with Gasteiger partial charge in [-0.3, -0.25) is 0 Å². The molecule has 1 aliphatic rings. The summed E-state index contributed by atoms with van der Waals surface area (Å²) in [7, 11) is 2.10. The number of likely N-dealkylation sites (tertiary alicyclic amines) is 1. The van der Waals surface area contributed by atoms with E-state index in [1.165, 1.54) is 0 Å². The molecule has 0 aliphatic carbocycles.